The van der Waals surface area contributed by atoms with Gasteiger partial charge in [-0.15, -0.1) is 0 Å². The molecule has 0 saturated carbocycles. The number of anilines is 2. The second-order valence-electron chi connectivity index (χ2n) is 9.86. The molecule has 2 aromatic carbocycles. The summed E-state index contributed by atoms with van der Waals surface area (Å²) in [5.41, 5.74) is 8.61. The van der Waals surface area contributed by atoms with E-state index in [0.717, 1.165) is 37.1 Å². The minimum Gasteiger partial charge on any atom is -0.380 e. The van der Waals surface area contributed by atoms with E-state index in [9.17, 15) is 14.4 Å². The van der Waals surface area contributed by atoms with E-state index in [2.05, 4.69) is 20.5 Å². The summed E-state index contributed by atoms with van der Waals surface area (Å²) >= 11 is 0. The van der Waals surface area contributed by atoms with Crippen molar-refractivity contribution in [3.63, 3.8) is 0 Å². The van der Waals surface area contributed by atoms with Crippen molar-refractivity contribution in [1.82, 2.24) is 10.3 Å². The monoisotopic (exact) mass is 497 g/mol. The van der Waals surface area contributed by atoms with Crippen molar-refractivity contribution in [2.45, 2.75) is 57.3 Å². The molecule has 2 saturated heterocycles. The fraction of sp³-hybridized carbons (Fsp3) is 0.310. The zero-order chi connectivity index (χ0) is 25.9. The molecule has 2 aliphatic heterocycles. The highest BCUT2D eigenvalue weighted by Crippen LogP contribution is 2.38. The summed E-state index contributed by atoms with van der Waals surface area (Å²) < 4.78 is 0. The van der Waals surface area contributed by atoms with Crippen LogP contribution in [0.4, 0.5) is 11.5 Å². The number of carbonyl (C=O) groups is 3. The van der Waals surface area contributed by atoms with Crippen LogP contribution in [-0.4, -0.2) is 40.7 Å². The number of amides is 2. The first-order chi connectivity index (χ1) is 17.9. The molecule has 37 heavy (non-hydrogen) atoms. The van der Waals surface area contributed by atoms with Crippen molar-refractivity contribution in [2.75, 3.05) is 10.2 Å². The first kappa shape index (κ1) is 24.5. The number of piperidine rings is 1. The molecule has 0 aliphatic carbocycles. The molecule has 1 unspecified atom stereocenters. The van der Waals surface area contributed by atoms with Crippen LogP contribution >= 0.6 is 0 Å². The SMILES string of the molecule is CC(=O)c1ccc(N2[C@@H]3CC[C@H]2CC(NC(=O)c2ccc(C(N)=O)c(NCc4ccccc4)c2)C3)nc1. The zero-order valence-electron chi connectivity index (χ0n) is 20.8. The minimum absolute atomic E-state index is 0.00530. The molecule has 3 aromatic rings. The Labute approximate surface area is 216 Å². The molecule has 1 aromatic heterocycles. The number of aromatic nitrogens is 1. The number of hydrogen-bond donors (Lipinski definition) is 3. The lowest BCUT2D eigenvalue weighted by molar-refractivity contribution is 0.0924. The molecule has 3 atom stereocenters. The second-order valence-corrected chi connectivity index (χ2v) is 9.86. The van der Waals surface area contributed by atoms with Gasteiger partial charge in [0.1, 0.15) is 5.82 Å². The smallest absolute Gasteiger partial charge is 0.251 e. The molecular weight excluding hydrogens is 466 g/mol. The first-order valence-corrected chi connectivity index (χ1v) is 12.7. The van der Waals surface area contributed by atoms with Crippen molar-refractivity contribution >= 4 is 29.1 Å². The van der Waals surface area contributed by atoms with Crippen LogP contribution in [-0.2, 0) is 6.54 Å². The van der Waals surface area contributed by atoms with E-state index >= 15 is 0 Å². The van der Waals surface area contributed by atoms with Crippen LogP contribution in [0, 0.1) is 0 Å². The van der Waals surface area contributed by atoms with Gasteiger partial charge in [-0.1, -0.05) is 30.3 Å². The second kappa shape index (κ2) is 10.4. The number of pyridine rings is 1. The number of nitrogens with two attached hydrogens (primary N) is 1. The Morgan fingerprint density at radius 2 is 1.68 bits per heavy atom. The van der Waals surface area contributed by atoms with Crippen LogP contribution in [0.25, 0.3) is 0 Å². The lowest BCUT2D eigenvalue weighted by Gasteiger charge is -2.40. The summed E-state index contributed by atoms with van der Waals surface area (Å²) in [5.74, 6) is 0.182. The number of hydrogen-bond acceptors (Lipinski definition) is 6. The largest absolute Gasteiger partial charge is 0.380 e. The van der Waals surface area contributed by atoms with Gasteiger partial charge in [0.15, 0.2) is 5.78 Å². The van der Waals surface area contributed by atoms with Gasteiger partial charge in [-0.25, -0.2) is 4.98 Å². The molecule has 2 fully saturated rings. The number of rotatable bonds is 8. The zero-order valence-corrected chi connectivity index (χ0v) is 20.8. The number of fused-ring (bicyclic) bond motifs is 2. The van der Waals surface area contributed by atoms with E-state index in [0.29, 0.717) is 41.0 Å². The summed E-state index contributed by atoms with van der Waals surface area (Å²) in [6, 6.07) is 19.2. The summed E-state index contributed by atoms with van der Waals surface area (Å²) in [7, 11) is 0. The van der Waals surface area contributed by atoms with Crippen LogP contribution in [0.3, 0.4) is 0 Å². The number of nitrogens with one attached hydrogen (secondary N) is 2. The summed E-state index contributed by atoms with van der Waals surface area (Å²) in [4.78, 5) is 43.6. The van der Waals surface area contributed by atoms with Crippen molar-refractivity contribution in [2.24, 2.45) is 5.73 Å². The number of ketones is 1. The average molecular weight is 498 g/mol. The maximum absolute atomic E-state index is 13.2. The molecule has 8 nitrogen and oxygen atoms in total. The molecule has 2 aliphatic rings. The molecule has 8 heteroatoms. The molecule has 0 radical (unpaired) electrons. The van der Waals surface area contributed by atoms with Gasteiger partial charge < -0.3 is 21.3 Å². The summed E-state index contributed by atoms with van der Waals surface area (Å²) in [5, 5.41) is 6.46. The number of primary amides is 1. The van der Waals surface area contributed by atoms with Gasteiger partial charge in [-0.3, -0.25) is 14.4 Å². The third-order valence-electron chi connectivity index (χ3n) is 7.36. The van der Waals surface area contributed by atoms with Crippen molar-refractivity contribution in [3.8, 4) is 0 Å². The molecule has 2 amide bonds. The predicted octanol–water partition coefficient (Wildman–Crippen LogP) is 3.93. The van der Waals surface area contributed by atoms with E-state index in [-0.39, 0.29) is 17.7 Å². The number of benzene rings is 2. The topological polar surface area (TPSA) is 117 Å². The Kier molecular flexibility index (Phi) is 6.90. The van der Waals surface area contributed by atoms with Crippen LogP contribution in [0.2, 0.25) is 0 Å². The van der Waals surface area contributed by atoms with Gasteiger partial charge >= 0.3 is 0 Å². The molecule has 190 valence electrons. The lowest BCUT2D eigenvalue weighted by Crippen LogP contribution is -2.50. The molecule has 5 rings (SSSR count). The maximum atomic E-state index is 13.2. The van der Waals surface area contributed by atoms with E-state index in [1.54, 1.807) is 24.4 Å². The fourth-order valence-electron chi connectivity index (χ4n) is 5.52. The third kappa shape index (κ3) is 5.33. The number of nitrogens with zero attached hydrogens (tertiary/aromatic N) is 2. The first-order valence-electron chi connectivity index (χ1n) is 12.7. The minimum atomic E-state index is -0.545. The van der Waals surface area contributed by atoms with Gasteiger partial charge in [-0.05, 0) is 68.5 Å². The van der Waals surface area contributed by atoms with Gasteiger partial charge in [-0.2, -0.15) is 0 Å². The highest BCUT2D eigenvalue weighted by Gasteiger charge is 2.41. The van der Waals surface area contributed by atoms with Gasteiger partial charge in [0.2, 0.25) is 0 Å². The Bertz CT molecular complexity index is 1290. The predicted molar refractivity (Wildman–Crippen MR) is 143 cm³/mol. The highest BCUT2D eigenvalue weighted by molar-refractivity contribution is 6.02. The number of carbonyl (C=O) groups excluding carboxylic acids is 3. The van der Waals surface area contributed by atoms with E-state index in [1.165, 1.54) is 6.92 Å². The van der Waals surface area contributed by atoms with Gasteiger partial charge in [0.05, 0.1) is 5.56 Å². The molecule has 3 heterocycles. The summed E-state index contributed by atoms with van der Waals surface area (Å²) in [6.07, 6.45) is 5.40. The van der Waals surface area contributed by atoms with E-state index in [4.69, 9.17) is 5.73 Å². The maximum Gasteiger partial charge on any atom is 0.251 e. The quantitative estimate of drug-likeness (QED) is 0.406. The highest BCUT2D eigenvalue weighted by atomic mass is 16.2. The Morgan fingerprint density at radius 1 is 0.973 bits per heavy atom. The Balaban J connectivity index is 1.26. The van der Waals surface area contributed by atoms with E-state index in [1.807, 2.05) is 42.5 Å². The van der Waals surface area contributed by atoms with Crippen LogP contribution < -0.4 is 21.3 Å². The van der Waals surface area contributed by atoms with E-state index < -0.39 is 5.91 Å². The Hall–Kier alpha value is -4.20. The molecule has 4 N–H and O–H groups in total. The average Bonchev–Trinajstić information content (AvgIpc) is 3.17. The van der Waals surface area contributed by atoms with Crippen LogP contribution in [0.5, 0.6) is 0 Å². The third-order valence-corrected chi connectivity index (χ3v) is 7.36. The lowest BCUT2D eigenvalue weighted by atomic mass is 9.96. The van der Waals surface area contributed by atoms with Crippen molar-refractivity contribution in [3.05, 3.63) is 89.1 Å². The normalized spacial score (nSPS) is 20.4. The number of Topliss-reactive ketones (excluding diaryl/α,β-unsaturated/α-hetero) is 1. The molecule has 2 bridgehead atoms. The van der Waals surface area contributed by atoms with Crippen LogP contribution in [0.1, 0.15) is 69.2 Å². The fourth-order valence-corrected chi connectivity index (χ4v) is 5.52. The molecule has 0 spiro atoms. The van der Waals surface area contributed by atoms with Crippen molar-refractivity contribution < 1.29 is 14.4 Å². The standard InChI is InChI=1S/C29H31N5O3/c1-18(35)21-8-12-27(32-17-21)34-23-9-10-24(34)15-22(14-23)33-29(37)20-7-11-25(28(30)36)26(13-20)31-16-19-5-3-2-4-6-19/h2-8,11-13,17,22-24,31H,9-10,14-16H2,1H3,(H2,30,36)(H,33,37)/t22?,23-,24+. The van der Waals surface area contributed by atoms with Gasteiger partial charge in [0.25, 0.3) is 11.8 Å². The molecular formula is C29H31N5O3. The van der Waals surface area contributed by atoms with Gasteiger partial charge in [0, 0.05) is 47.7 Å². The summed E-state index contributed by atoms with van der Waals surface area (Å²) in [6.45, 7) is 2.05. The van der Waals surface area contributed by atoms with Crippen molar-refractivity contribution in [1.29, 1.82) is 0 Å². The Morgan fingerprint density at radius 3 is 2.30 bits per heavy atom. The van der Waals surface area contributed by atoms with Crippen LogP contribution in [0.15, 0.2) is 66.9 Å².